The van der Waals surface area contributed by atoms with Gasteiger partial charge in [-0.2, -0.15) is 0 Å². The summed E-state index contributed by atoms with van der Waals surface area (Å²) in [6.07, 6.45) is 5.74. The van der Waals surface area contributed by atoms with Crippen molar-refractivity contribution in [2.24, 2.45) is 0 Å². The van der Waals surface area contributed by atoms with Gasteiger partial charge in [0, 0.05) is 37.7 Å². The molecule has 2 heterocycles. The van der Waals surface area contributed by atoms with Crippen molar-refractivity contribution < 1.29 is 14.0 Å². The highest BCUT2D eigenvalue weighted by Gasteiger charge is 2.23. The molecule has 0 aliphatic carbocycles. The lowest BCUT2D eigenvalue weighted by atomic mass is 10.1. The van der Waals surface area contributed by atoms with E-state index in [0.29, 0.717) is 31.9 Å². The highest BCUT2D eigenvalue weighted by molar-refractivity contribution is 6.31. The number of carbonyl (C=O) groups is 2. The number of benzene rings is 2. The zero-order valence-corrected chi connectivity index (χ0v) is 20.8. The number of nitrogens with one attached hydrogen (secondary N) is 1. The molecule has 0 fully saturated rings. The largest absolute Gasteiger partial charge is 0.330 e. The SMILES string of the molecule is CC(=O)c1cnc2n1CCN(C(=O)/C=C/CNCCc1ccc(F)cc1)C2.Cc1ccccc1Cl. The molecule has 1 N–H and O–H groups in total. The Balaban J connectivity index is 0.000000363. The third-order valence-corrected chi connectivity index (χ3v) is 6.06. The van der Waals surface area contributed by atoms with Crippen LogP contribution in [0, 0.1) is 12.7 Å². The minimum Gasteiger partial charge on any atom is -0.330 e. The first-order valence-electron chi connectivity index (χ1n) is 11.5. The molecular weight excluding hydrogens is 467 g/mol. The zero-order valence-electron chi connectivity index (χ0n) is 20.0. The van der Waals surface area contributed by atoms with Crippen molar-refractivity contribution in [2.45, 2.75) is 33.4 Å². The second-order valence-corrected chi connectivity index (χ2v) is 8.67. The highest BCUT2D eigenvalue weighted by atomic mass is 35.5. The van der Waals surface area contributed by atoms with Crippen molar-refractivity contribution in [3.8, 4) is 0 Å². The number of carbonyl (C=O) groups excluding carboxylic acids is 2. The maximum atomic E-state index is 12.8. The molecule has 4 rings (SSSR count). The van der Waals surface area contributed by atoms with Gasteiger partial charge in [0.1, 0.15) is 17.3 Å². The van der Waals surface area contributed by atoms with E-state index in [1.54, 1.807) is 35.4 Å². The summed E-state index contributed by atoms with van der Waals surface area (Å²) >= 11 is 5.71. The lowest BCUT2D eigenvalue weighted by molar-refractivity contribution is -0.127. The van der Waals surface area contributed by atoms with Crippen molar-refractivity contribution >= 4 is 23.3 Å². The second kappa shape index (κ2) is 13.0. The van der Waals surface area contributed by atoms with Crippen LogP contribution < -0.4 is 5.32 Å². The number of aromatic nitrogens is 2. The molecule has 35 heavy (non-hydrogen) atoms. The Morgan fingerprint density at radius 1 is 1.14 bits per heavy atom. The molecule has 6 nitrogen and oxygen atoms in total. The predicted molar refractivity (Wildman–Crippen MR) is 136 cm³/mol. The zero-order chi connectivity index (χ0) is 25.2. The molecule has 0 unspecified atom stereocenters. The van der Waals surface area contributed by atoms with Crippen molar-refractivity contribution in [3.05, 3.63) is 100 Å². The van der Waals surface area contributed by atoms with Gasteiger partial charge in [0.25, 0.3) is 0 Å². The van der Waals surface area contributed by atoms with Crippen LogP contribution in [0.25, 0.3) is 0 Å². The molecular formula is C27H30ClFN4O2. The Morgan fingerprint density at radius 2 is 1.89 bits per heavy atom. The summed E-state index contributed by atoms with van der Waals surface area (Å²) in [5.41, 5.74) is 2.80. The average Bonchev–Trinajstić information content (AvgIpc) is 3.28. The fraction of sp³-hybridized carbons (Fsp3) is 0.296. The average molecular weight is 497 g/mol. The van der Waals surface area contributed by atoms with E-state index in [9.17, 15) is 14.0 Å². The molecule has 1 aliphatic rings. The van der Waals surface area contributed by atoms with Gasteiger partial charge in [-0.3, -0.25) is 9.59 Å². The molecule has 0 saturated heterocycles. The summed E-state index contributed by atoms with van der Waals surface area (Å²) in [5, 5.41) is 4.07. The number of rotatable bonds is 7. The van der Waals surface area contributed by atoms with Gasteiger partial charge < -0.3 is 14.8 Å². The van der Waals surface area contributed by atoms with Gasteiger partial charge in [0.2, 0.25) is 5.91 Å². The summed E-state index contributed by atoms with van der Waals surface area (Å²) < 4.78 is 14.7. The van der Waals surface area contributed by atoms with Crippen LogP contribution in [0.5, 0.6) is 0 Å². The summed E-state index contributed by atoms with van der Waals surface area (Å²) in [6.45, 7) is 6.40. The van der Waals surface area contributed by atoms with E-state index >= 15 is 0 Å². The lowest BCUT2D eigenvalue weighted by Crippen LogP contribution is -2.38. The molecule has 3 aromatic rings. The lowest BCUT2D eigenvalue weighted by Gasteiger charge is -2.27. The van der Waals surface area contributed by atoms with Gasteiger partial charge >= 0.3 is 0 Å². The van der Waals surface area contributed by atoms with Crippen LogP contribution in [0.4, 0.5) is 4.39 Å². The van der Waals surface area contributed by atoms with E-state index in [2.05, 4.69) is 10.3 Å². The molecule has 0 atom stereocenters. The van der Waals surface area contributed by atoms with E-state index in [4.69, 9.17) is 11.6 Å². The summed E-state index contributed by atoms with van der Waals surface area (Å²) in [7, 11) is 0. The number of hydrogen-bond acceptors (Lipinski definition) is 4. The topological polar surface area (TPSA) is 67.2 Å². The van der Waals surface area contributed by atoms with Crippen LogP contribution in [0.1, 0.15) is 34.4 Å². The standard InChI is InChI=1S/C20H23FN4O2.C7H7Cl/c1-15(26)18-13-23-19-14-24(11-12-25(18)19)20(27)3-2-9-22-10-8-16-4-6-17(21)7-5-16;1-6-4-2-3-5-7(6)8/h2-7,13,22H,8-12,14H2,1H3;2-5H,1H3/b3-2+;. The van der Waals surface area contributed by atoms with Gasteiger partial charge in [-0.05, 0) is 49.2 Å². The van der Waals surface area contributed by atoms with Crippen LogP contribution in [0.2, 0.25) is 5.02 Å². The molecule has 1 aliphatic heterocycles. The van der Waals surface area contributed by atoms with E-state index in [0.717, 1.165) is 34.9 Å². The van der Waals surface area contributed by atoms with E-state index in [-0.39, 0.29) is 17.5 Å². The third kappa shape index (κ3) is 7.87. The normalized spacial score (nSPS) is 12.7. The molecule has 8 heteroatoms. The van der Waals surface area contributed by atoms with E-state index in [1.165, 1.54) is 19.1 Å². The van der Waals surface area contributed by atoms with Crippen molar-refractivity contribution in [3.63, 3.8) is 0 Å². The van der Waals surface area contributed by atoms with Crippen molar-refractivity contribution in [1.29, 1.82) is 0 Å². The molecule has 1 aromatic heterocycles. The number of amides is 1. The number of hydrogen-bond donors (Lipinski definition) is 1. The number of ketones is 1. The maximum Gasteiger partial charge on any atom is 0.246 e. The predicted octanol–water partition coefficient (Wildman–Crippen LogP) is 4.60. The fourth-order valence-corrected chi connectivity index (χ4v) is 3.75. The first kappa shape index (κ1) is 26.3. The van der Waals surface area contributed by atoms with Crippen LogP contribution in [-0.2, 0) is 24.3 Å². The van der Waals surface area contributed by atoms with Crippen LogP contribution >= 0.6 is 11.6 Å². The van der Waals surface area contributed by atoms with Crippen molar-refractivity contribution in [1.82, 2.24) is 19.8 Å². The Morgan fingerprint density at radius 3 is 2.54 bits per heavy atom. The quantitative estimate of drug-likeness (QED) is 0.295. The van der Waals surface area contributed by atoms with E-state index in [1.807, 2.05) is 35.8 Å². The molecule has 1 amide bonds. The Labute approximate surface area is 210 Å². The van der Waals surface area contributed by atoms with Gasteiger partial charge in [-0.1, -0.05) is 48.0 Å². The fourth-order valence-electron chi connectivity index (χ4n) is 3.61. The number of imidazole rings is 1. The molecule has 184 valence electrons. The maximum absolute atomic E-state index is 12.8. The Kier molecular flexibility index (Phi) is 9.76. The summed E-state index contributed by atoms with van der Waals surface area (Å²) in [5.74, 6) is 0.436. The van der Waals surface area contributed by atoms with Crippen molar-refractivity contribution in [2.75, 3.05) is 19.6 Å². The number of Topliss-reactive ketones (excluding diaryl/α,β-unsaturated/α-hetero) is 1. The molecule has 0 spiro atoms. The van der Waals surface area contributed by atoms with Gasteiger partial charge in [-0.15, -0.1) is 0 Å². The molecule has 2 aromatic carbocycles. The number of halogens is 2. The smallest absolute Gasteiger partial charge is 0.246 e. The Bertz CT molecular complexity index is 1150. The number of aryl methyl sites for hydroxylation is 1. The van der Waals surface area contributed by atoms with Crippen LogP contribution in [0.15, 0.2) is 66.9 Å². The summed E-state index contributed by atoms with van der Waals surface area (Å²) in [6, 6.07) is 14.2. The number of nitrogens with zero attached hydrogens (tertiary/aromatic N) is 3. The molecule has 0 saturated carbocycles. The van der Waals surface area contributed by atoms with Gasteiger partial charge in [-0.25, -0.2) is 9.37 Å². The third-order valence-electron chi connectivity index (χ3n) is 5.64. The first-order valence-corrected chi connectivity index (χ1v) is 11.9. The number of fused-ring (bicyclic) bond motifs is 1. The minimum atomic E-state index is -0.231. The molecule has 0 bridgehead atoms. The van der Waals surface area contributed by atoms with Gasteiger partial charge in [0.15, 0.2) is 5.78 Å². The highest BCUT2D eigenvalue weighted by Crippen LogP contribution is 2.15. The monoisotopic (exact) mass is 496 g/mol. The first-order chi connectivity index (χ1) is 16.8. The van der Waals surface area contributed by atoms with Crippen LogP contribution in [-0.4, -0.2) is 45.8 Å². The Hall–Kier alpha value is -3.29. The molecule has 0 radical (unpaired) electrons. The van der Waals surface area contributed by atoms with Gasteiger partial charge in [0.05, 0.1) is 12.7 Å². The van der Waals surface area contributed by atoms with E-state index < -0.39 is 0 Å². The van der Waals surface area contributed by atoms with Crippen LogP contribution in [0.3, 0.4) is 0 Å². The second-order valence-electron chi connectivity index (χ2n) is 8.26. The summed E-state index contributed by atoms with van der Waals surface area (Å²) in [4.78, 5) is 29.8. The minimum absolute atomic E-state index is 0.0138.